The molecule has 0 unspecified atom stereocenters. The van der Waals surface area contributed by atoms with Crippen LogP contribution in [0.4, 0.5) is 0 Å². The summed E-state index contributed by atoms with van der Waals surface area (Å²) >= 11 is 0. The lowest BCUT2D eigenvalue weighted by Crippen LogP contribution is -2.36. The summed E-state index contributed by atoms with van der Waals surface area (Å²) in [6.07, 6.45) is -2.59. The van der Waals surface area contributed by atoms with Crippen molar-refractivity contribution in [3.8, 4) is 11.5 Å². The topological polar surface area (TPSA) is 142 Å². The highest BCUT2D eigenvalue weighted by Crippen LogP contribution is 2.31. The van der Waals surface area contributed by atoms with E-state index in [1.165, 1.54) is 62.4 Å². The third kappa shape index (κ3) is 7.74. The molecule has 12 nitrogen and oxygen atoms in total. The zero-order chi connectivity index (χ0) is 30.2. The van der Waals surface area contributed by atoms with Gasteiger partial charge in [0.25, 0.3) is 0 Å². The molecule has 0 aliphatic carbocycles. The lowest BCUT2D eigenvalue weighted by Gasteiger charge is -2.17. The third-order valence-corrected chi connectivity index (χ3v) is 6.19. The fourth-order valence-corrected chi connectivity index (χ4v) is 3.97. The minimum Gasteiger partial charge on any atom is -0.457 e. The Morgan fingerprint density at radius 1 is 0.667 bits per heavy atom. The summed E-state index contributed by atoms with van der Waals surface area (Å²) in [7, 11) is 0. The Balaban J connectivity index is 1.22. The quantitative estimate of drug-likeness (QED) is 0.157. The fraction of sp³-hybridized carbons (Fsp3) is 0.333. The second kappa shape index (κ2) is 13.8. The van der Waals surface area contributed by atoms with Gasteiger partial charge in [-0.2, -0.15) is 0 Å². The van der Waals surface area contributed by atoms with Crippen LogP contribution in [0.1, 0.15) is 34.6 Å². The van der Waals surface area contributed by atoms with Gasteiger partial charge in [-0.3, -0.25) is 0 Å². The molecule has 0 aromatic heterocycles. The van der Waals surface area contributed by atoms with E-state index in [1.54, 1.807) is 0 Å². The maximum atomic E-state index is 12.7. The molecule has 42 heavy (non-hydrogen) atoms. The molecule has 222 valence electrons. The highest BCUT2D eigenvalue weighted by atomic mass is 16.7. The molecule has 2 aliphatic rings. The van der Waals surface area contributed by atoms with E-state index in [2.05, 4.69) is 13.2 Å². The van der Waals surface area contributed by atoms with Crippen LogP contribution in [0, 0.1) is 0 Å². The summed E-state index contributed by atoms with van der Waals surface area (Å²) < 4.78 is 43.1. The SMILES string of the molecule is C=C(C)C(=O)OCOc1ccc(C(=O)O[C@H]2CO[C@H]3[C@@H]2OC[C@H]3OC(=O)c2ccc(OCOC(=O)C(=C)C)cc2)cc1. The van der Waals surface area contributed by atoms with Crippen LogP contribution in [0.5, 0.6) is 11.5 Å². The number of fused-ring (bicyclic) bond motifs is 1. The normalized spacial score (nSPS) is 20.5. The lowest BCUT2D eigenvalue weighted by atomic mass is 10.1. The average molecular weight is 583 g/mol. The standard InChI is InChI=1S/C30H30O12/c1-17(2)27(31)39-15-37-21-9-5-19(6-10-21)29(33)41-23-13-35-26-24(14-36-25(23)26)42-30(34)20-7-11-22(12-8-20)38-16-40-28(32)18(3)4/h5-12,23-26H,1,3,13-16H2,2,4H3/t23-,24+,25-,26-/m1/s1. The van der Waals surface area contributed by atoms with Gasteiger partial charge in [-0.25, -0.2) is 19.2 Å². The van der Waals surface area contributed by atoms with Crippen molar-refractivity contribution in [2.24, 2.45) is 0 Å². The van der Waals surface area contributed by atoms with Gasteiger partial charge < -0.3 is 37.9 Å². The third-order valence-electron chi connectivity index (χ3n) is 6.19. The number of hydrogen-bond donors (Lipinski definition) is 0. The number of ether oxygens (including phenoxy) is 8. The molecule has 2 aromatic carbocycles. The van der Waals surface area contributed by atoms with Crippen LogP contribution in [-0.2, 0) is 38.0 Å². The van der Waals surface area contributed by atoms with Crippen LogP contribution in [-0.4, -0.2) is 75.1 Å². The van der Waals surface area contributed by atoms with Gasteiger partial charge in [0.2, 0.25) is 13.6 Å². The predicted molar refractivity (Wildman–Crippen MR) is 144 cm³/mol. The molecule has 2 heterocycles. The number of esters is 4. The van der Waals surface area contributed by atoms with Gasteiger partial charge in [0, 0.05) is 11.1 Å². The van der Waals surface area contributed by atoms with E-state index in [4.69, 9.17) is 37.9 Å². The Kier molecular flexibility index (Phi) is 9.94. The fourth-order valence-electron chi connectivity index (χ4n) is 3.97. The summed E-state index contributed by atoms with van der Waals surface area (Å²) in [4.78, 5) is 48.2. The molecule has 2 aliphatic heterocycles. The minimum atomic E-state index is -0.695. The predicted octanol–water partition coefficient (Wildman–Crippen LogP) is 3.15. The van der Waals surface area contributed by atoms with Gasteiger partial charge in [-0.05, 0) is 62.4 Å². The van der Waals surface area contributed by atoms with Crippen LogP contribution in [0.2, 0.25) is 0 Å². The molecular formula is C30H30O12. The van der Waals surface area contributed by atoms with Crippen molar-refractivity contribution in [2.45, 2.75) is 38.3 Å². The van der Waals surface area contributed by atoms with E-state index >= 15 is 0 Å². The molecule has 0 spiro atoms. The largest absolute Gasteiger partial charge is 0.457 e. The number of carbonyl (C=O) groups excluding carboxylic acids is 4. The van der Waals surface area contributed by atoms with E-state index in [0.717, 1.165) is 0 Å². The first-order valence-corrected chi connectivity index (χ1v) is 12.9. The molecule has 2 fully saturated rings. The van der Waals surface area contributed by atoms with Crippen molar-refractivity contribution in [3.05, 3.63) is 84.0 Å². The Bertz CT molecular complexity index is 1230. The highest BCUT2D eigenvalue weighted by Gasteiger charge is 2.51. The van der Waals surface area contributed by atoms with Crippen molar-refractivity contribution in [1.82, 2.24) is 0 Å². The van der Waals surface area contributed by atoms with Gasteiger partial charge in [0.15, 0.2) is 12.2 Å². The van der Waals surface area contributed by atoms with E-state index in [1.807, 2.05) is 0 Å². The number of hydrogen-bond acceptors (Lipinski definition) is 12. The van der Waals surface area contributed by atoms with Gasteiger partial charge in [0.05, 0.1) is 24.3 Å². The van der Waals surface area contributed by atoms with Gasteiger partial charge in [0.1, 0.15) is 23.7 Å². The minimum absolute atomic E-state index is 0.0758. The summed E-state index contributed by atoms with van der Waals surface area (Å²) in [6, 6.07) is 12.2. The first-order valence-electron chi connectivity index (χ1n) is 12.9. The van der Waals surface area contributed by atoms with Crippen LogP contribution < -0.4 is 9.47 Å². The van der Waals surface area contributed by atoms with Crippen molar-refractivity contribution < 1.29 is 57.1 Å². The van der Waals surface area contributed by atoms with Crippen molar-refractivity contribution >= 4 is 23.9 Å². The number of rotatable bonds is 12. The van der Waals surface area contributed by atoms with Crippen molar-refractivity contribution in [2.75, 3.05) is 26.8 Å². The smallest absolute Gasteiger partial charge is 0.338 e. The van der Waals surface area contributed by atoms with Crippen LogP contribution in [0.25, 0.3) is 0 Å². The van der Waals surface area contributed by atoms with Gasteiger partial charge >= 0.3 is 23.9 Å². The zero-order valence-corrected chi connectivity index (χ0v) is 23.1. The first kappa shape index (κ1) is 30.3. The summed E-state index contributed by atoms with van der Waals surface area (Å²) in [5.74, 6) is -1.55. The molecule has 0 bridgehead atoms. The van der Waals surface area contributed by atoms with Crippen LogP contribution in [0.3, 0.4) is 0 Å². The maximum Gasteiger partial charge on any atom is 0.338 e. The Labute approximate surface area is 241 Å². The summed E-state index contributed by atoms with van der Waals surface area (Å²) in [5.41, 5.74) is 1.05. The Morgan fingerprint density at radius 3 is 1.36 bits per heavy atom. The van der Waals surface area contributed by atoms with Crippen molar-refractivity contribution in [3.63, 3.8) is 0 Å². The maximum absolute atomic E-state index is 12.7. The molecule has 0 amide bonds. The molecule has 0 saturated carbocycles. The molecule has 0 N–H and O–H groups in total. The second-order valence-electron chi connectivity index (χ2n) is 9.48. The molecule has 2 aromatic rings. The molecule has 4 atom stereocenters. The van der Waals surface area contributed by atoms with E-state index in [-0.39, 0.29) is 49.1 Å². The summed E-state index contributed by atoms with van der Waals surface area (Å²) in [6.45, 7) is 9.58. The molecule has 2 saturated heterocycles. The van der Waals surface area contributed by atoms with Crippen LogP contribution in [0.15, 0.2) is 72.8 Å². The van der Waals surface area contributed by atoms with Crippen LogP contribution >= 0.6 is 0 Å². The lowest BCUT2D eigenvalue weighted by molar-refractivity contribution is -0.146. The molecular weight excluding hydrogens is 552 g/mol. The highest BCUT2D eigenvalue weighted by molar-refractivity contribution is 5.90. The molecule has 4 rings (SSSR count). The van der Waals surface area contributed by atoms with Gasteiger partial charge in [-0.15, -0.1) is 0 Å². The van der Waals surface area contributed by atoms with Crippen molar-refractivity contribution in [1.29, 1.82) is 0 Å². The summed E-state index contributed by atoms with van der Waals surface area (Å²) in [5, 5.41) is 0. The average Bonchev–Trinajstić information content (AvgIpc) is 3.56. The molecule has 0 radical (unpaired) electrons. The first-order chi connectivity index (χ1) is 20.1. The van der Waals surface area contributed by atoms with E-state index in [9.17, 15) is 19.2 Å². The number of carbonyl (C=O) groups is 4. The Morgan fingerprint density at radius 2 is 1.02 bits per heavy atom. The second-order valence-corrected chi connectivity index (χ2v) is 9.48. The van der Waals surface area contributed by atoms with Gasteiger partial charge in [-0.1, -0.05) is 13.2 Å². The Hall–Kier alpha value is -4.68. The van der Waals surface area contributed by atoms with E-state index in [0.29, 0.717) is 11.5 Å². The van der Waals surface area contributed by atoms with E-state index < -0.39 is 48.3 Å². The number of benzene rings is 2. The monoisotopic (exact) mass is 582 g/mol. The molecule has 12 heteroatoms. The zero-order valence-electron chi connectivity index (χ0n) is 23.1.